The molecular formula is C18H18N4O4. The second kappa shape index (κ2) is 7.30. The third kappa shape index (κ3) is 3.85. The number of likely N-dealkylation sites (tertiary alicyclic amines) is 1. The van der Waals surface area contributed by atoms with Crippen molar-refractivity contribution in [2.75, 3.05) is 6.54 Å². The van der Waals surface area contributed by atoms with E-state index in [0.717, 1.165) is 23.5 Å². The van der Waals surface area contributed by atoms with Crippen molar-refractivity contribution in [1.82, 2.24) is 20.2 Å². The topological polar surface area (TPSA) is 112 Å². The zero-order valence-electron chi connectivity index (χ0n) is 14.2. The molecule has 2 heterocycles. The van der Waals surface area contributed by atoms with Gasteiger partial charge in [-0.05, 0) is 18.9 Å². The highest BCUT2D eigenvalue weighted by atomic mass is 16.4. The Bertz CT molecular complexity index is 833. The molecule has 3 rings (SSSR count). The maximum Gasteiger partial charge on any atom is 0.356 e. The van der Waals surface area contributed by atoms with E-state index >= 15 is 0 Å². The summed E-state index contributed by atoms with van der Waals surface area (Å²) in [6.07, 6.45) is 2.61. The van der Waals surface area contributed by atoms with Crippen LogP contribution < -0.4 is 5.32 Å². The molecule has 1 aliphatic rings. The normalized spacial score (nSPS) is 16.6. The Hall–Kier alpha value is -3.29. The second-order valence-electron chi connectivity index (χ2n) is 6.15. The number of carboxylic acid groups (broad SMARTS) is 1. The van der Waals surface area contributed by atoms with Crippen LogP contribution in [-0.4, -0.2) is 50.3 Å². The molecule has 2 N–H and O–H groups in total. The molecule has 0 spiro atoms. The van der Waals surface area contributed by atoms with Gasteiger partial charge in [-0.2, -0.15) is 0 Å². The number of carboxylic acids is 1. The molecule has 8 heteroatoms. The molecule has 1 aliphatic heterocycles. The SMILES string of the molecule is Cc1ccc(CN2CCC(NC(=O)c3cnc(C(=O)O)cn3)C2=O)cc1. The van der Waals surface area contributed by atoms with E-state index in [1.54, 1.807) is 4.90 Å². The molecule has 1 saturated heterocycles. The lowest BCUT2D eigenvalue weighted by Gasteiger charge is -2.17. The van der Waals surface area contributed by atoms with Crippen LogP contribution in [0, 0.1) is 6.92 Å². The van der Waals surface area contributed by atoms with Crippen molar-refractivity contribution >= 4 is 17.8 Å². The molecule has 1 unspecified atom stereocenters. The first kappa shape index (κ1) is 17.5. The predicted octanol–water partition coefficient (Wildman–Crippen LogP) is 1.01. The molecular weight excluding hydrogens is 336 g/mol. The number of hydrogen-bond donors (Lipinski definition) is 2. The number of rotatable bonds is 5. The van der Waals surface area contributed by atoms with E-state index in [2.05, 4.69) is 15.3 Å². The fourth-order valence-corrected chi connectivity index (χ4v) is 2.73. The first-order chi connectivity index (χ1) is 12.4. The summed E-state index contributed by atoms with van der Waals surface area (Å²) in [6.45, 7) is 3.06. The molecule has 134 valence electrons. The molecule has 1 fully saturated rings. The quantitative estimate of drug-likeness (QED) is 0.829. The molecule has 1 aromatic carbocycles. The van der Waals surface area contributed by atoms with Crippen LogP contribution in [0.2, 0.25) is 0 Å². The average Bonchev–Trinajstić information content (AvgIpc) is 2.97. The molecule has 26 heavy (non-hydrogen) atoms. The monoisotopic (exact) mass is 354 g/mol. The van der Waals surface area contributed by atoms with Crippen LogP contribution in [0.1, 0.15) is 38.5 Å². The standard InChI is InChI=1S/C18H18N4O4/c1-11-2-4-12(5-3-11)10-22-7-6-13(17(22)24)21-16(23)14-8-20-15(9-19-14)18(25)26/h2-5,8-9,13H,6-7,10H2,1H3,(H,21,23)(H,25,26). The molecule has 0 bridgehead atoms. The first-order valence-corrected chi connectivity index (χ1v) is 8.14. The van der Waals surface area contributed by atoms with Crippen molar-refractivity contribution in [1.29, 1.82) is 0 Å². The molecule has 2 aromatic rings. The number of nitrogens with one attached hydrogen (secondary N) is 1. The van der Waals surface area contributed by atoms with Crippen LogP contribution >= 0.6 is 0 Å². The number of aromatic nitrogens is 2. The van der Waals surface area contributed by atoms with E-state index in [4.69, 9.17) is 5.11 Å². The van der Waals surface area contributed by atoms with Gasteiger partial charge in [-0.1, -0.05) is 29.8 Å². The number of benzene rings is 1. The van der Waals surface area contributed by atoms with Gasteiger partial charge in [0.15, 0.2) is 5.69 Å². The summed E-state index contributed by atoms with van der Waals surface area (Å²) in [5, 5.41) is 11.4. The summed E-state index contributed by atoms with van der Waals surface area (Å²) in [5.41, 5.74) is 1.91. The third-order valence-corrected chi connectivity index (χ3v) is 4.20. The minimum absolute atomic E-state index is 0.0280. The number of carbonyl (C=O) groups is 3. The molecule has 8 nitrogen and oxygen atoms in total. The Morgan fingerprint density at radius 3 is 2.46 bits per heavy atom. The molecule has 0 saturated carbocycles. The largest absolute Gasteiger partial charge is 0.476 e. The zero-order chi connectivity index (χ0) is 18.7. The molecule has 0 aliphatic carbocycles. The highest BCUT2D eigenvalue weighted by molar-refractivity contribution is 5.96. The summed E-state index contributed by atoms with van der Waals surface area (Å²) in [4.78, 5) is 44.6. The van der Waals surface area contributed by atoms with Gasteiger partial charge < -0.3 is 15.3 Å². The molecule has 2 amide bonds. The van der Waals surface area contributed by atoms with E-state index in [0.29, 0.717) is 19.5 Å². The van der Waals surface area contributed by atoms with Crippen LogP contribution in [0.25, 0.3) is 0 Å². The van der Waals surface area contributed by atoms with Crippen LogP contribution in [-0.2, 0) is 11.3 Å². The zero-order valence-corrected chi connectivity index (χ0v) is 14.2. The molecule has 0 radical (unpaired) electrons. The van der Waals surface area contributed by atoms with Gasteiger partial charge >= 0.3 is 5.97 Å². The van der Waals surface area contributed by atoms with E-state index in [1.807, 2.05) is 31.2 Å². The van der Waals surface area contributed by atoms with E-state index in [1.165, 1.54) is 0 Å². The van der Waals surface area contributed by atoms with Crippen molar-refractivity contribution in [3.8, 4) is 0 Å². The van der Waals surface area contributed by atoms with Gasteiger partial charge in [-0.3, -0.25) is 9.59 Å². The predicted molar refractivity (Wildman–Crippen MR) is 91.5 cm³/mol. The van der Waals surface area contributed by atoms with Crippen LogP contribution in [0.5, 0.6) is 0 Å². The van der Waals surface area contributed by atoms with Crippen molar-refractivity contribution < 1.29 is 19.5 Å². The fourth-order valence-electron chi connectivity index (χ4n) is 2.73. The lowest BCUT2D eigenvalue weighted by molar-refractivity contribution is -0.129. The summed E-state index contributed by atoms with van der Waals surface area (Å²) in [6, 6.07) is 7.33. The number of amides is 2. The van der Waals surface area contributed by atoms with Gasteiger partial charge in [0.2, 0.25) is 5.91 Å². The van der Waals surface area contributed by atoms with E-state index < -0.39 is 17.9 Å². The first-order valence-electron chi connectivity index (χ1n) is 8.14. The summed E-state index contributed by atoms with van der Waals surface area (Å²) in [7, 11) is 0. The summed E-state index contributed by atoms with van der Waals surface area (Å²) in [5.74, 6) is -1.92. The van der Waals surface area contributed by atoms with Crippen molar-refractivity contribution in [3.05, 3.63) is 59.2 Å². The van der Waals surface area contributed by atoms with Gasteiger partial charge in [0.25, 0.3) is 5.91 Å². The maximum atomic E-state index is 12.5. The van der Waals surface area contributed by atoms with E-state index in [-0.39, 0.29) is 17.3 Å². The van der Waals surface area contributed by atoms with Gasteiger partial charge in [0.1, 0.15) is 11.7 Å². The van der Waals surface area contributed by atoms with Gasteiger partial charge in [-0.15, -0.1) is 0 Å². The maximum absolute atomic E-state index is 12.5. The third-order valence-electron chi connectivity index (χ3n) is 4.20. The Labute approximate surface area is 149 Å². The summed E-state index contributed by atoms with van der Waals surface area (Å²) < 4.78 is 0. The number of nitrogens with zero attached hydrogens (tertiary/aromatic N) is 3. The second-order valence-corrected chi connectivity index (χ2v) is 6.15. The van der Waals surface area contributed by atoms with Crippen molar-refractivity contribution in [2.45, 2.75) is 25.9 Å². The van der Waals surface area contributed by atoms with Crippen LogP contribution in [0.15, 0.2) is 36.7 Å². The highest BCUT2D eigenvalue weighted by Crippen LogP contribution is 2.16. The Balaban J connectivity index is 1.60. The molecule has 1 atom stereocenters. The Kier molecular flexibility index (Phi) is 4.92. The number of hydrogen-bond acceptors (Lipinski definition) is 5. The van der Waals surface area contributed by atoms with Crippen LogP contribution in [0.4, 0.5) is 0 Å². The minimum Gasteiger partial charge on any atom is -0.476 e. The minimum atomic E-state index is -1.22. The molecule has 1 aromatic heterocycles. The van der Waals surface area contributed by atoms with Crippen LogP contribution in [0.3, 0.4) is 0 Å². The van der Waals surface area contributed by atoms with Gasteiger partial charge in [0.05, 0.1) is 12.4 Å². The average molecular weight is 354 g/mol. The van der Waals surface area contributed by atoms with E-state index in [9.17, 15) is 14.4 Å². The number of carbonyl (C=O) groups excluding carboxylic acids is 2. The van der Waals surface area contributed by atoms with Gasteiger partial charge in [-0.25, -0.2) is 14.8 Å². The van der Waals surface area contributed by atoms with Gasteiger partial charge in [0, 0.05) is 13.1 Å². The smallest absolute Gasteiger partial charge is 0.356 e. The highest BCUT2D eigenvalue weighted by Gasteiger charge is 2.33. The van der Waals surface area contributed by atoms with Crippen molar-refractivity contribution in [3.63, 3.8) is 0 Å². The lowest BCUT2D eigenvalue weighted by Crippen LogP contribution is -2.41. The Morgan fingerprint density at radius 1 is 1.19 bits per heavy atom. The lowest BCUT2D eigenvalue weighted by atomic mass is 10.1. The number of aromatic carboxylic acids is 1. The fraction of sp³-hybridized carbons (Fsp3) is 0.278. The Morgan fingerprint density at radius 2 is 1.85 bits per heavy atom. The number of aryl methyl sites for hydroxylation is 1. The van der Waals surface area contributed by atoms with Crippen molar-refractivity contribution in [2.24, 2.45) is 0 Å². The summed E-state index contributed by atoms with van der Waals surface area (Å²) >= 11 is 0.